The highest BCUT2D eigenvalue weighted by molar-refractivity contribution is 5.74. The van der Waals surface area contributed by atoms with Crippen molar-refractivity contribution in [2.24, 2.45) is 0 Å². The van der Waals surface area contributed by atoms with Gasteiger partial charge in [-0.1, -0.05) is 24.1 Å². The molecular weight excluding hydrogens is 271 g/mol. The maximum absolute atomic E-state index is 13.8. The van der Waals surface area contributed by atoms with Crippen molar-refractivity contribution >= 4 is 6.03 Å². The molecule has 2 rings (SSSR count). The number of terminal acetylenes is 1. The predicted octanol–water partition coefficient (Wildman–Crippen LogP) is 2.15. The molecule has 0 bridgehead atoms. The Hall–Kier alpha value is -2.06. The van der Waals surface area contributed by atoms with Gasteiger partial charge in [-0.25, -0.2) is 9.18 Å². The zero-order chi connectivity index (χ0) is 15.1. The molecule has 0 atom stereocenters. The quantitative estimate of drug-likeness (QED) is 0.863. The van der Waals surface area contributed by atoms with Gasteiger partial charge in [0.25, 0.3) is 0 Å². The van der Waals surface area contributed by atoms with Crippen LogP contribution in [0.5, 0.6) is 0 Å². The fourth-order valence-corrected chi connectivity index (χ4v) is 2.40. The van der Waals surface area contributed by atoms with Gasteiger partial charge < -0.3 is 15.0 Å². The maximum atomic E-state index is 13.8. The van der Waals surface area contributed by atoms with Crippen LogP contribution in [0.15, 0.2) is 24.3 Å². The van der Waals surface area contributed by atoms with E-state index in [1.54, 1.807) is 23.1 Å². The van der Waals surface area contributed by atoms with Gasteiger partial charge in [-0.2, -0.15) is 0 Å². The van der Waals surface area contributed by atoms with Crippen LogP contribution in [-0.4, -0.2) is 36.7 Å². The van der Waals surface area contributed by atoms with Crippen molar-refractivity contribution in [3.63, 3.8) is 0 Å². The SMILES string of the molecule is C#CCNC(=O)N(Cc1ccccc1F)C1CCOCC1. The van der Waals surface area contributed by atoms with Gasteiger partial charge in [0.15, 0.2) is 0 Å². The van der Waals surface area contributed by atoms with Gasteiger partial charge >= 0.3 is 6.03 Å². The fraction of sp³-hybridized carbons (Fsp3) is 0.438. The summed E-state index contributed by atoms with van der Waals surface area (Å²) in [5.74, 6) is 2.07. The van der Waals surface area contributed by atoms with Crippen LogP contribution in [0.1, 0.15) is 18.4 Å². The Bertz CT molecular complexity index is 521. The minimum Gasteiger partial charge on any atom is -0.381 e. The summed E-state index contributed by atoms with van der Waals surface area (Å²) in [5, 5.41) is 2.66. The largest absolute Gasteiger partial charge is 0.381 e. The van der Waals surface area contributed by atoms with E-state index in [2.05, 4.69) is 11.2 Å². The van der Waals surface area contributed by atoms with Crippen LogP contribution < -0.4 is 5.32 Å². The summed E-state index contributed by atoms with van der Waals surface area (Å²) in [6.07, 6.45) is 6.66. The van der Waals surface area contributed by atoms with Crippen molar-refractivity contribution in [2.45, 2.75) is 25.4 Å². The number of benzene rings is 1. The number of ether oxygens (including phenoxy) is 1. The van der Waals surface area contributed by atoms with Crippen molar-refractivity contribution in [3.05, 3.63) is 35.6 Å². The van der Waals surface area contributed by atoms with Crippen molar-refractivity contribution in [3.8, 4) is 12.3 Å². The first-order chi connectivity index (χ1) is 10.2. The average molecular weight is 290 g/mol. The van der Waals surface area contributed by atoms with Crippen LogP contribution >= 0.6 is 0 Å². The molecule has 1 fully saturated rings. The van der Waals surface area contributed by atoms with Crippen LogP contribution in [0.2, 0.25) is 0 Å². The summed E-state index contributed by atoms with van der Waals surface area (Å²) >= 11 is 0. The van der Waals surface area contributed by atoms with Gasteiger partial charge in [0.1, 0.15) is 5.82 Å². The van der Waals surface area contributed by atoms with Gasteiger partial charge in [-0.15, -0.1) is 6.42 Å². The summed E-state index contributed by atoms with van der Waals surface area (Å²) < 4.78 is 19.1. The minimum absolute atomic E-state index is 0.0381. The summed E-state index contributed by atoms with van der Waals surface area (Å²) in [7, 11) is 0. The molecule has 112 valence electrons. The third kappa shape index (κ3) is 4.20. The normalized spacial score (nSPS) is 15.2. The lowest BCUT2D eigenvalue weighted by molar-refractivity contribution is 0.0436. The number of hydrogen-bond acceptors (Lipinski definition) is 2. The molecule has 1 aliphatic rings. The summed E-state index contributed by atoms with van der Waals surface area (Å²) in [6, 6.07) is 6.27. The highest BCUT2D eigenvalue weighted by Crippen LogP contribution is 2.19. The number of amides is 2. The van der Waals surface area contributed by atoms with Crippen LogP contribution in [0.3, 0.4) is 0 Å². The number of nitrogens with zero attached hydrogens (tertiary/aromatic N) is 1. The molecule has 1 N–H and O–H groups in total. The Morgan fingerprint density at radius 2 is 2.14 bits per heavy atom. The Kier molecular flexibility index (Phi) is 5.59. The van der Waals surface area contributed by atoms with Crippen LogP contribution in [-0.2, 0) is 11.3 Å². The molecule has 0 aliphatic carbocycles. The number of carbonyl (C=O) groups excluding carboxylic acids is 1. The zero-order valence-electron chi connectivity index (χ0n) is 11.8. The molecule has 0 radical (unpaired) electrons. The van der Waals surface area contributed by atoms with E-state index in [9.17, 15) is 9.18 Å². The van der Waals surface area contributed by atoms with E-state index in [0.717, 1.165) is 12.8 Å². The van der Waals surface area contributed by atoms with E-state index in [0.29, 0.717) is 18.8 Å². The van der Waals surface area contributed by atoms with Crippen molar-refractivity contribution in [1.82, 2.24) is 10.2 Å². The van der Waals surface area contributed by atoms with Crippen LogP contribution in [0, 0.1) is 18.2 Å². The Morgan fingerprint density at radius 1 is 1.43 bits per heavy atom. The summed E-state index contributed by atoms with van der Waals surface area (Å²) in [4.78, 5) is 13.9. The second-order valence-electron chi connectivity index (χ2n) is 4.93. The van der Waals surface area contributed by atoms with Crippen LogP contribution in [0.25, 0.3) is 0 Å². The lowest BCUT2D eigenvalue weighted by Crippen LogP contribution is -2.48. The molecule has 0 unspecified atom stereocenters. The molecule has 0 saturated carbocycles. The number of nitrogens with one attached hydrogen (secondary N) is 1. The van der Waals surface area contributed by atoms with Gasteiger partial charge in [-0.05, 0) is 18.9 Å². The highest BCUT2D eigenvalue weighted by atomic mass is 19.1. The van der Waals surface area contributed by atoms with Crippen molar-refractivity contribution < 1.29 is 13.9 Å². The molecular formula is C16H19FN2O2. The van der Waals surface area contributed by atoms with Crippen molar-refractivity contribution in [2.75, 3.05) is 19.8 Å². The first-order valence-electron chi connectivity index (χ1n) is 7.01. The molecule has 1 saturated heterocycles. The molecule has 1 aromatic carbocycles. The predicted molar refractivity (Wildman–Crippen MR) is 78.0 cm³/mol. The number of rotatable bonds is 4. The molecule has 2 amide bonds. The lowest BCUT2D eigenvalue weighted by Gasteiger charge is -2.34. The number of halogens is 1. The Morgan fingerprint density at radius 3 is 2.81 bits per heavy atom. The van der Waals surface area contributed by atoms with E-state index >= 15 is 0 Å². The van der Waals surface area contributed by atoms with E-state index in [1.807, 2.05) is 0 Å². The molecule has 0 spiro atoms. The van der Waals surface area contributed by atoms with Crippen molar-refractivity contribution in [1.29, 1.82) is 0 Å². The third-order valence-corrected chi connectivity index (χ3v) is 3.53. The van der Waals surface area contributed by atoms with Crippen LogP contribution in [0.4, 0.5) is 9.18 Å². The minimum atomic E-state index is -0.306. The first-order valence-corrected chi connectivity index (χ1v) is 7.01. The van der Waals surface area contributed by atoms with E-state index in [1.165, 1.54) is 6.07 Å². The monoisotopic (exact) mass is 290 g/mol. The highest BCUT2D eigenvalue weighted by Gasteiger charge is 2.26. The molecule has 4 nitrogen and oxygen atoms in total. The second kappa shape index (κ2) is 7.65. The molecule has 1 aromatic rings. The van der Waals surface area contributed by atoms with E-state index < -0.39 is 0 Å². The van der Waals surface area contributed by atoms with Gasteiger partial charge in [0.05, 0.1) is 13.1 Å². The average Bonchev–Trinajstić information content (AvgIpc) is 2.52. The zero-order valence-corrected chi connectivity index (χ0v) is 11.8. The maximum Gasteiger partial charge on any atom is 0.318 e. The summed E-state index contributed by atoms with van der Waals surface area (Å²) in [5.41, 5.74) is 0.500. The van der Waals surface area contributed by atoms with Gasteiger partial charge in [0.2, 0.25) is 0 Å². The smallest absolute Gasteiger partial charge is 0.318 e. The Labute approximate surface area is 124 Å². The molecule has 5 heteroatoms. The van der Waals surface area contributed by atoms with Gasteiger partial charge in [-0.3, -0.25) is 0 Å². The molecule has 21 heavy (non-hydrogen) atoms. The molecule has 1 heterocycles. The van der Waals surface area contributed by atoms with E-state index in [-0.39, 0.29) is 31.0 Å². The number of carbonyl (C=O) groups is 1. The Balaban J connectivity index is 2.13. The molecule has 0 aromatic heterocycles. The topological polar surface area (TPSA) is 41.6 Å². The standard InChI is InChI=1S/C16H19FN2O2/c1-2-9-18-16(20)19(14-7-10-21-11-8-14)12-13-5-3-4-6-15(13)17/h1,3-6,14H,7-12H2,(H,18,20). The second-order valence-corrected chi connectivity index (χ2v) is 4.93. The lowest BCUT2D eigenvalue weighted by atomic mass is 10.1. The fourth-order valence-electron chi connectivity index (χ4n) is 2.40. The number of urea groups is 1. The first kappa shape index (κ1) is 15.3. The van der Waals surface area contributed by atoms with Gasteiger partial charge in [0, 0.05) is 24.8 Å². The summed E-state index contributed by atoms with van der Waals surface area (Å²) in [6.45, 7) is 1.62. The van der Waals surface area contributed by atoms with E-state index in [4.69, 9.17) is 11.2 Å². The molecule has 1 aliphatic heterocycles. The number of hydrogen-bond donors (Lipinski definition) is 1. The third-order valence-electron chi connectivity index (χ3n) is 3.53.